The van der Waals surface area contributed by atoms with E-state index in [2.05, 4.69) is 5.32 Å². The molecule has 0 aliphatic heterocycles. The number of nitriles is 1. The fraction of sp³-hybridized carbons (Fsp3) is 0.0435. The minimum absolute atomic E-state index is 0.183. The molecule has 0 saturated carbocycles. The zero-order valence-electron chi connectivity index (χ0n) is 16.4. The lowest BCUT2D eigenvalue weighted by atomic mass is 10.1. The SMILES string of the molecule is N#C/C(=C\c1cc(Cl)ccc1OCc1cccc(Cl)c1)C(=O)Nc1cccc([N+](=O)[O-])c1. The largest absolute Gasteiger partial charge is 0.488 e. The number of nitro benzene ring substituents is 1. The monoisotopic (exact) mass is 467 g/mol. The molecule has 0 fully saturated rings. The van der Waals surface area contributed by atoms with Gasteiger partial charge in [0.15, 0.2) is 0 Å². The summed E-state index contributed by atoms with van der Waals surface area (Å²) in [6.07, 6.45) is 1.34. The Hall–Kier alpha value is -3.86. The predicted octanol–water partition coefficient (Wildman–Crippen LogP) is 6.03. The number of carbonyl (C=O) groups is 1. The first-order valence-corrected chi connectivity index (χ1v) is 9.95. The van der Waals surface area contributed by atoms with Crippen LogP contribution in [0.5, 0.6) is 5.75 Å². The number of nitro groups is 1. The van der Waals surface area contributed by atoms with Gasteiger partial charge in [-0.1, -0.05) is 41.4 Å². The number of nitrogens with one attached hydrogen (secondary N) is 1. The second-order valence-electron chi connectivity index (χ2n) is 6.53. The number of halogens is 2. The molecule has 7 nitrogen and oxygen atoms in total. The van der Waals surface area contributed by atoms with Gasteiger partial charge < -0.3 is 10.1 Å². The summed E-state index contributed by atoms with van der Waals surface area (Å²) in [5, 5.41) is 23.9. The standard InChI is InChI=1S/C23H15Cl2N3O4/c24-18-4-1-3-15(9-18)14-32-22-8-7-19(25)11-16(22)10-17(13-26)23(29)27-20-5-2-6-21(12-20)28(30)31/h1-12H,14H2,(H,27,29)/b17-10+. The van der Waals surface area contributed by atoms with Crippen LogP contribution in [0, 0.1) is 21.4 Å². The Morgan fingerprint density at radius 3 is 2.56 bits per heavy atom. The number of carbonyl (C=O) groups excluding carboxylic acids is 1. The molecule has 0 saturated heterocycles. The normalized spacial score (nSPS) is 10.8. The van der Waals surface area contributed by atoms with E-state index >= 15 is 0 Å². The number of non-ortho nitro benzene ring substituents is 1. The van der Waals surface area contributed by atoms with Crippen LogP contribution >= 0.6 is 23.2 Å². The molecule has 9 heteroatoms. The minimum Gasteiger partial charge on any atom is -0.488 e. The third kappa shape index (κ3) is 6.08. The van der Waals surface area contributed by atoms with Gasteiger partial charge in [0.25, 0.3) is 11.6 Å². The van der Waals surface area contributed by atoms with Crippen molar-refractivity contribution in [2.75, 3.05) is 5.32 Å². The summed E-state index contributed by atoms with van der Waals surface area (Å²) in [5.74, 6) is -0.320. The second-order valence-corrected chi connectivity index (χ2v) is 7.40. The summed E-state index contributed by atoms with van der Waals surface area (Å²) < 4.78 is 5.84. The van der Waals surface area contributed by atoms with Gasteiger partial charge in [-0.15, -0.1) is 0 Å². The van der Waals surface area contributed by atoms with Crippen molar-refractivity contribution in [3.8, 4) is 11.8 Å². The van der Waals surface area contributed by atoms with Crippen molar-refractivity contribution >= 4 is 46.6 Å². The van der Waals surface area contributed by atoms with Gasteiger partial charge in [-0.3, -0.25) is 14.9 Å². The molecule has 160 valence electrons. The number of hydrogen-bond donors (Lipinski definition) is 1. The molecule has 3 aromatic rings. The van der Waals surface area contributed by atoms with E-state index in [9.17, 15) is 20.2 Å². The van der Waals surface area contributed by atoms with E-state index in [1.165, 1.54) is 30.3 Å². The molecule has 0 unspecified atom stereocenters. The summed E-state index contributed by atoms with van der Waals surface area (Å²) in [5.41, 5.74) is 1.04. The predicted molar refractivity (Wildman–Crippen MR) is 123 cm³/mol. The average molecular weight is 468 g/mol. The molecule has 3 rings (SSSR count). The maximum Gasteiger partial charge on any atom is 0.271 e. The molecule has 3 aromatic carbocycles. The Labute approximate surface area is 193 Å². The maximum atomic E-state index is 12.6. The van der Waals surface area contributed by atoms with E-state index in [4.69, 9.17) is 27.9 Å². The number of amides is 1. The number of ether oxygens (including phenoxy) is 1. The molecule has 1 N–H and O–H groups in total. The van der Waals surface area contributed by atoms with E-state index in [0.717, 1.165) is 5.56 Å². The lowest BCUT2D eigenvalue weighted by Crippen LogP contribution is -2.13. The van der Waals surface area contributed by atoms with Crippen LogP contribution < -0.4 is 10.1 Å². The molecule has 1 amide bonds. The molecular formula is C23H15Cl2N3O4. The highest BCUT2D eigenvalue weighted by atomic mass is 35.5. The van der Waals surface area contributed by atoms with Crippen LogP contribution in [0.25, 0.3) is 6.08 Å². The summed E-state index contributed by atoms with van der Waals surface area (Å²) in [6, 6.07) is 19.2. The van der Waals surface area contributed by atoms with Crippen LogP contribution in [0.2, 0.25) is 10.0 Å². The van der Waals surface area contributed by atoms with Gasteiger partial charge in [-0.2, -0.15) is 5.26 Å². The molecule has 32 heavy (non-hydrogen) atoms. The van der Waals surface area contributed by atoms with Gasteiger partial charge in [0, 0.05) is 33.4 Å². The van der Waals surface area contributed by atoms with Gasteiger partial charge in [0.2, 0.25) is 0 Å². The quantitative estimate of drug-likeness (QED) is 0.197. The Kier molecular flexibility index (Phi) is 7.45. The molecule has 0 aliphatic carbocycles. The van der Waals surface area contributed by atoms with Crippen molar-refractivity contribution in [2.24, 2.45) is 0 Å². The Morgan fingerprint density at radius 1 is 1.09 bits per heavy atom. The summed E-state index contributed by atoms with van der Waals surface area (Å²) in [6.45, 7) is 0.213. The highest BCUT2D eigenvalue weighted by Crippen LogP contribution is 2.27. The second kappa shape index (κ2) is 10.4. The maximum absolute atomic E-state index is 12.6. The van der Waals surface area contributed by atoms with E-state index in [0.29, 0.717) is 21.4 Å². The number of nitrogens with zero attached hydrogens (tertiary/aromatic N) is 2. The van der Waals surface area contributed by atoms with E-state index in [1.807, 2.05) is 12.1 Å². The number of anilines is 1. The third-order valence-corrected chi connectivity index (χ3v) is 4.71. The lowest BCUT2D eigenvalue weighted by molar-refractivity contribution is -0.384. The van der Waals surface area contributed by atoms with Crippen molar-refractivity contribution in [3.63, 3.8) is 0 Å². The van der Waals surface area contributed by atoms with E-state index < -0.39 is 10.8 Å². The Balaban J connectivity index is 1.83. The topological polar surface area (TPSA) is 105 Å². The number of benzene rings is 3. The van der Waals surface area contributed by atoms with Crippen LogP contribution in [-0.2, 0) is 11.4 Å². The highest BCUT2D eigenvalue weighted by molar-refractivity contribution is 6.31. The number of hydrogen-bond acceptors (Lipinski definition) is 5. The molecule has 0 radical (unpaired) electrons. The molecule has 0 heterocycles. The van der Waals surface area contributed by atoms with Crippen LogP contribution in [0.1, 0.15) is 11.1 Å². The van der Waals surface area contributed by atoms with Crippen molar-refractivity contribution in [1.82, 2.24) is 0 Å². The molecule has 0 atom stereocenters. The minimum atomic E-state index is -0.728. The van der Waals surface area contributed by atoms with Crippen LogP contribution in [0.3, 0.4) is 0 Å². The smallest absolute Gasteiger partial charge is 0.271 e. The zero-order chi connectivity index (χ0) is 23.1. The highest BCUT2D eigenvalue weighted by Gasteiger charge is 2.14. The van der Waals surface area contributed by atoms with Crippen molar-refractivity contribution in [3.05, 3.63) is 104 Å². The first kappa shape index (κ1) is 22.8. The van der Waals surface area contributed by atoms with Gasteiger partial charge in [0.05, 0.1) is 4.92 Å². The van der Waals surface area contributed by atoms with Gasteiger partial charge in [0.1, 0.15) is 24.0 Å². The molecule has 0 spiro atoms. The van der Waals surface area contributed by atoms with Crippen molar-refractivity contribution < 1.29 is 14.5 Å². The van der Waals surface area contributed by atoms with Crippen molar-refractivity contribution in [2.45, 2.75) is 6.61 Å². The van der Waals surface area contributed by atoms with Gasteiger partial charge >= 0.3 is 0 Å². The summed E-state index contributed by atoms with van der Waals surface area (Å²) in [4.78, 5) is 22.9. The molecular weight excluding hydrogens is 453 g/mol. The fourth-order valence-corrected chi connectivity index (χ4v) is 3.14. The van der Waals surface area contributed by atoms with Gasteiger partial charge in [-0.05, 0) is 48.0 Å². The Bertz CT molecular complexity index is 1250. The fourth-order valence-electron chi connectivity index (χ4n) is 2.75. The molecule has 0 aliphatic rings. The van der Waals surface area contributed by atoms with Crippen molar-refractivity contribution in [1.29, 1.82) is 5.26 Å². The molecule has 0 aromatic heterocycles. The number of rotatable bonds is 7. The average Bonchev–Trinajstić information content (AvgIpc) is 2.77. The summed E-state index contributed by atoms with van der Waals surface area (Å²) in [7, 11) is 0. The first-order chi connectivity index (χ1) is 15.4. The van der Waals surface area contributed by atoms with Crippen LogP contribution in [0.4, 0.5) is 11.4 Å². The first-order valence-electron chi connectivity index (χ1n) is 9.20. The van der Waals surface area contributed by atoms with E-state index in [-0.39, 0.29) is 23.6 Å². The van der Waals surface area contributed by atoms with Gasteiger partial charge in [-0.25, -0.2) is 0 Å². The lowest BCUT2D eigenvalue weighted by Gasteiger charge is -2.11. The Morgan fingerprint density at radius 2 is 1.84 bits per heavy atom. The van der Waals surface area contributed by atoms with E-state index in [1.54, 1.807) is 36.4 Å². The van der Waals surface area contributed by atoms with Crippen LogP contribution in [0.15, 0.2) is 72.3 Å². The van der Waals surface area contributed by atoms with Crippen LogP contribution in [-0.4, -0.2) is 10.8 Å². The zero-order valence-corrected chi connectivity index (χ0v) is 17.9. The molecule has 0 bridgehead atoms. The summed E-state index contributed by atoms with van der Waals surface area (Å²) >= 11 is 12.1. The third-order valence-electron chi connectivity index (χ3n) is 4.23.